The molecule has 1 amide bonds. The van der Waals surface area contributed by atoms with E-state index in [1.807, 2.05) is 18.2 Å². The summed E-state index contributed by atoms with van der Waals surface area (Å²) in [5.74, 6) is 0.591. The summed E-state index contributed by atoms with van der Waals surface area (Å²) >= 11 is 1.71. The number of nitrogens with one attached hydrogen (secondary N) is 1. The van der Waals surface area contributed by atoms with Gasteiger partial charge in [-0.2, -0.15) is 0 Å². The molecular weight excluding hydrogens is 256 g/mol. The molecule has 4 heteroatoms. The quantitative estimate of drug-likeness (QED) is 0.847. The Kier molecular flexibility index (Phi) is 4.93. The maximum Gasteiger partial charge on any atom is 0.224 e. The van der Waals surface area contributed by atoms with Crippen molar-refractivity contribution < 1.29 is 4.79 Å². The van der Waals surface area contributed by atoms with Gasteiger partial charge in [0, 0.05) is 16.8 Å². The van der Waals surface area contributed by atoms with Gasteiger partial charge < -0.3 is 11.1 Å². The molecule has 0 radical (unpaired) electrons. The van der Waals surface area contributed by atoms with Crippen molar-refractivity contribution in [3.8, 4) is 0 Å². The number of benzene rings is 1. The molecule has 2 rings (SSSR count). The zero-order valence-electron chi connectivity index (χ0n) is 11.2. The second kappa shape index (κ2) is 6.68. The molecule has 19 heavy (non-hydrogen) atoms. The van der Waals surface area contributed by atoms with Crippen LogP contribution in [-0.2, 0) is 4.79 Å². The lowest BCUT2D eigenvalue weighted by atomic mass is 10.0. The Hall–Kier alpha value is -1.39. The average molecular weight is 276 g/mol. The minimum atomic E-state index is 0.0819. The molecule has 0 fully saturated rings. The number of thiophene rings is 1. The van der Waals surface area contributed by atoms with Crippen LogP contribution in [0.2, 0.25) is 0 Å². The first-order valence-corrected chi connectivity index (χ1v) is 7.54. The second-order valence-electron chi connectivity index (χ2n) is 4.94. The van der Waals surface area contributed by atoms with Gasteiger partial charge in [-0.05, 0) is 60.3 Å². The van der Waals surface area contributed by atoms with Crippen LogP contribution in [0, 0.1) is 5.92 Å². The average Bonchev–Trinajstić information content (AvgIpc) is 2.84. The lowest BCUT2D eigenvalue weighted by Crippen LogP contribution is -2.14. The Morgan fingerprint density at radius 1 is 1.37 bits per heavy atom. The topological polar surface area (TPSA) is 55.1 Å². The van der Waals surface area contributed by atoms with Crippen molar-refractivity contribution >= 4 is 33.0 Å². The number of hydrogen-bond donors (Lipinski definition) is 2. The number of anilines is 1. The third kappa shape index (κ3) is 4.04. The molecule has 102 valence electrons. The van der Waals surface area contributed by atoms with E-state index in [0.717, 1.165) is 18.5 Å². The first-order chi connectivity index (χ1) is 9.19. The third-order valence-corrected chi connectivity index (χ3v) is 4.16. The molecule has 1 aromatic carbocycles. The number of rotatable bonds is 6. The molecule has 1 atom stereocenters. The Balaban J connectivity index is 1.87. The summed E-state index contributed by atoms with van der Waals surface area (Å²) in [5.41, 5.74) is 6.38. The molecule has 2 aromatic rings. The Bertz CT molecular complexity index is 550. The van der Waals surface area contributed by atoms with E-state index < -0.39 is 0 Å². The molecule has 0 bridgehead atoms. The van der Waals surface area contributed by atoms with Gasteiger partial charge in [0.15, 0.2) is 0 Å². The van der Waals surface area contributed by atoms with Crippen LogP contribution in [0.4, 0.5) is 5.69 Å². The molecule has 0 saturated heterocycles. The highest BCUT2D eigenvalue weighted by Crippen LogP contribution is 2.24. The van der Waals surface area contributed by atoms with Crippen molar-refractivity contribution in [2.45, 2.75) is 26.2 Å². The number of hydrogen-bond acceptors (Lipinski definition) is 3. The van der Waals surface area contributed by atoms with E-state index in [2.05, 4.69) is 23.7 Å². The second-order valence-corrected chi connectivity index (χ2v) is 5.89. The zero-order chi connectivity index (χ0) is 13.7. The smallest absolute Gasteiger partial charge is 0.224 e. The molecule has 1 unspecified atom stereocenters. The van der Waals surface area contributed by atoms with E-state index in [-0.39, 0.29) is 5.91 Å². The van der Waals surface area contributed by atoms with Crippen molar-refractivity contribution in [1.82, 2.24) is 0 Å². The fraction of sp³-hybridized carbons (Fsp3) is 0.400. The van der Waals surface area contributed by atoms with Gasteiger partial charge in [-0.3, -0.25) is 4.79 Å². The summed E-state index contributed by atoms with van der Waals surface area (Å²) < 4.78 is 1.24. The minimum absolute atomic E-state index is 0.0819. The Morgan fingerprint density at radius 2 is 2.21 bits per heavy atom. The minimum Gasteiger partial charge on any atom is -0.330 e. The van der Waals surface area contributed by atoms with Crippen LogP contribution in [0.25, 0.3) is 10.1 Å². The van der Waals surface area contributed by atoms with E-state index in [1.54, 1.807) is 11.3 Å². The summed E-state index contributed by atoms with van der Waals surface area (Å²) in [6.07, 6.45) is 2.43. The maximum absolute atomic E-state index is 11.9. The largest absolute Gasteiger partial charge is 0.330 e. The summed E-state index contributed by atoms with van der Waals surface area (Å²) in [5, 5.41) is 6.20. The predicted molar refractivity (Wildman–Crippen MR) is 82.5 cm³/mol. The highest BCUT2D eigenvalue weighted by molar-refractivity contribution is 7.17. The monoisotopic (exact) mass is 276 g/mol. The highest BCUT2D eigenvalue weighted by atomic mass is 32.1. The molecule has 0 aliphatic rings. The zero-order valence-corrected chi connectivity index (χ0v) is 12.0. The van der Waals surface area contributed by atoms with Crippen molar-refractivity contribution in [1.29, 1.82) is 0 Å². The van der Waals surface area contributed by atoms with E-state index in [4.69, 9.17) is 5.73 Å². The number of fused-ring (bicyclic) bond motifs is 1. The lowest BCUT2D eigenvalue weighted by molar-refractivity contribution is -0.116. The summed E-state index contributed by atoms with van der Waals surface area (Å²) in [4.78, 5) is 11.9. The first kappa shape index (κ1) is 14.0. The molecule has 0 aliphatic heterocycles. The van der Waals surface area contributed by atoms with Crippen molar-refractivity contribution in [2.75, 3.05) is 11.9 Å². The van der Waals surface area contributed by atoms with Gasteiger partial charge in [0.2, 0.25) is 5.91 Å². The molecular formula is C15H20N2OS. The van der Waals surface area contributed by atoms with Gasteiger partial charge >= 0.3 is 0 Å². The van der Waals surface area contributed by atoms with Crippen LogP contribution in [0.15, 0.2) is 29.6 Å². The molecule has 1 aromatic heterocycles. The van der Waals surface area contributed by atoms with E-state index >= 15 is 0 Å². The van der Waals surface area contributed by atoms with E-state index in [9.17, 15) is 4.79 Å². The Morgan fingerprint density at radius 3 is 3.00 bits per heavy atom. The molecule has 3 N–H and O–H groups in total. The fourth-order valence-electron chi connectivity index (χ4n) is 2.07. The standard InChI is InChI=1S/C15H20N2OS/c1-11(6-8-16)2-5-15(18)17-13-3-4-14-12(10-13)7-9-19-14/h3-4,7,9-11H,2,5-6,8,16H2,1H3,(H,17,18). The predicted octanol–water partition coefficient (Wildman–Crippen LogP) is 3.60. The van der Waals surface area contributed by atoms with Crippen LogP contribution in [0.1, 0.15) is 26.2 Å². The van der Waals surface area contributed by atoms with Crippen LogP contribution in [-0.4, -0.2) is 12.5 Å². The lowest BCUT2D eigenvalue weighted by Gasteiger charge is -2.10. The van der Waals surface area contributed by atoms with Gasteiger partial charge in [-0.15, -0.1) is 11.3 Å². The van der Waals surface area contributed by atoms with Crippen molar-refractivity contribution in [2.24, 2.45) is 11.7 Å². The normalized spacial score (nSPS) is 12.5. The maximum atomic E-state index is 11.9. The SMILES string of the molecule is CC(CCN)CCC(=O)Nc1ccc2sccc2c1. The number of amides is 1. The van der Waals surface area contributed by atoms with Crippen LogP contribution in [0.3, 0.4) is 0 Å². The molecule has 0 spiro atoms. The van der Waals surface area contributed by atoms with E-state index in [1.165, 1.54) is 10.1 Å². The fourth-order valence-corrected chi connectivity index (χ4v) is 2.85. The van der Waals surface area contributed by atoms with Crippen molar-refractivity contribution in [3.63, 3.8) is 0 Å². The molecule has 3 nitrogen and oxygen atoms in total. The molecule has 0 saturated carbocycles. The van der Waals surface area contributed by atoms with E-state index in [0.29, 0.717) is 18.9 Å². The van der Waals surface area contributed by atoms with Gasteiger partial charge in [0.05, 0.1) is 0 Å². The number of carbonyl (C=O) groups is 1. The third-order valence-electron chi connectivity index (χ3n) is 3.26. The van der Waals surface area contributed by atoms with Crippen molar-refractivity contribution in [3.05, 3.63) is 29.6 Å². The highest BCUT2D eigenvalue weighted by Gasteiger charge is 2.07. The number of nitrogens with two attached hydrogens (primary N) is 1. The van der Waals surface area contributed by atoms with Crippen LogP contribution >= 0.6 is 11.3 Å². The van der Waals surface area contributed by atoms with Gasteiger partial charge in [-0.1, -0.05) is 6.92 Å². The summed E-state index contributed by atoms with van der Waals surface area (Å²) in [6, 6.07) is 8.10. The van der Waals surface area contributed by atoms with Gasteiger partial charge in [-0.25, -0.2) is 0 Å². The molecule has 1 heterocycles. The summed E-state index contributed by atoms with van der Waals surface area (Å²) in [6.45, 7) is 2.83. The van der Waals surface area contributed by atoms with Crippen LogP contribution in [0.5, 0.6) is 0 Å². The van der Waals surface area contributed by atoms with Gasteiger partial charge in [0.25, 0.3) is 0 Å². The summed E-state index contributed by atoms with van der Waals surface area (Å²) in [7, 11) is 0. The molecule has 0 aliphatic carbocycles. The number of carbonyl (C=O) groups excluding carboxylic acids is 1. The first-order valence-electron chi connectivity index (χ1n) is 6.66. The Labute approximate surface area is 117 Å². The van der Waals surface area contributed by atoms with Crippen LogP contribution < -0.4 is 11.1 Å². The van der Waals surface area contributed by atoms with Gasteiger partial charge in [0.1, 0.15) is 0 Å².